The molecule has 1 aromatic rings. The number of likely N-dealkylation sites (tertiary alicyclic amines) is 1. The van der Waals surface area contributed by atoms with E-state index in [1.165, 1.54) is 4.90 Å². The zero-order chi connectivity index (χ0) is 24.8. The maximum absolute atomic E-state index is 13.1. The third-order valence-electron chi connectivity index (χ3n) is 6.01. The molecule has 0 aliphatic carbocycles. The van der Waals surface area contributed by atoms with Crippen LogP contribution in [0.2, 0.25) is 0 Å². The maximum atomic E-state index is 13.1. The average molecular weight is 472 g/mol. The van der Waals surface area contributed by atoms with Gasteiger partial charge >= 0.3 is 12.1 Å². The van der Waals surface area contributed by atoms with Crippen molar-refractivity contribution in [1.29, 1.82) is 0 Å². The van der Waals surface area contributed by atoms with Crippen molar-refractivity contribution in [2.75, 3.05) is 13.1 Å². The fourth-order valence-electron chi connectivity index (χ4n) is 4.28. The molecular weight excluding hydrogens is 435 g/mol. The van der Waals surface area contributed by atoms with Crippen molar-refractivity contribution in [3.63, 3.8) is 0 Å². The van der Waals surface area contributed by atoms with Crippen LogP contribution < -0.4 is 5.32 Å². The van der Waals surface area contributed by atoms with Gasteiger partial charge in [0.05, 0.1) is 17.2 Å². The van der Waals surface area contributed by atoms with Crippen molar-refractivity contribution < 1.29 is 27.5 Å². The quantitative estimate of drug-likeness (QED) is 0.571. The molecule has 0 spiro atoms. The molecule has 1 aliphatic heterocycles. The van der Waals surface area contributed by atoms with E-state index >= 15 is 0 Å². The van der Waals surface area contributed by atoms with Crippen molar-refractivity contribution in [3.05, 3.63) is 30.1 Å². The van der Waals surface area contributed by atoms with E-state index < -0.39 is 42.0 Å². The number of esters is 1. The van der Waals surface area contributed by atoms with Crippen molar-refractivity contribution in [3.8, 4) is 0 Å². The van der Waals surface area contributed by atoms with Crippen LogP contribution in [-0.4, -0.2) is 53.2 Å². The van der Waals surface area contributed by atoms with Gasteiger partial charge in [-0.25, -0.2) is 0 Å². The number of nitrogens with one attached hydrogen (secondary N) is 1. The Morgan fingerprint density at radius 3 is 2.52 bits per heavy atom. The Morgan fingerprint density at radius 1 is 1.27 bits per heavy atom. The minimum Gasteiger partial charge on any atom is -0.460 e. The molecule has 0 radical (unpaired) electrons. The fourth-order valence-corrected chi connectivity index (χ4v) is 4.28. The molecule has 2 unspecified atom stereocenters. The molecule has 1 amide bonds. The van der Waals surface area contributed by atoms with Gasteiger partial charge in [-0.05, 0) is 58.1 Å². The largest absolute Gasteiger partial charge is 0.460 e. The number of carbonyl (C=O) groups excluding carboxylic acids is 2. The molecule has 0 saturated carbocycles. The predicted octanol–water partition coefficient (Wildman–Crippen LogP) is 4.34. The highest BCUT2D eigenvalue weighted by molar-refractivity contribution is 5.78. The SMILES string of the molecule is CCC1C[C@@H](CNCc2ccccn2)C([C@H](C)OC(=O)C(C)(C)C)N(C(=O)CC(F)(F)F)C1. The van der Waals surface area contributed by atoms with Gasteiger partial charge in [0.1, 0.15) is 12.5 Å². The number of piperidine rings is 1. The van der Waals surface area contributed by atoms with Gasteiger partial charge in [0.15, 0.2) is 0 Å². The highest BCUT2D eigenvalue weighted by Gasteiger charge is 2.45. The smallest absolute Gasteiger partial charge is 0.397 e. The number of hydrogen-bond donors (Lipinski definition) is 1. The van der Waals surface area contributed by atoms with Gasteiger partial charge in [-0.3, -0.25) is 14.6 Å². The zero-order valence-corrected chi connectivity index (χ0v) is 20.1. The molecule has 1 aliphatic rings. The van der Waals surface area contributed by atoms with Crippen LogP contribution in [0.5, 0.6) is 0 Å². The van der Waals surface area contributed by atoms with Crippen molar-refractivity contribution in [1.82, 2.24) is 15.2 Å². The monoisotopic (exact) mass is 471 g/mol. The summed E-state index contributed by atoms with van der Waals surface area (Å²) in [5, 5.41) is 3.33. The summed E-state index contributed by atoms with van der Waals surface area (Å²) in [6, 6.07) is 4.94. The molecule has 33 heavy (non-hydrogen) atoms. The van der Waals surface area contributed by atoms with Crippen molar-refractivity contribution >= 4 is 11.9 Å². The molecule has 2 heterocycles. The second kappa shape index (κ2) is 11.3. The minimum absolute atomic E-state index is 0.0746. The van der Waals surface area contributed by atoms with Crippen LogP contribution >= 0.6 is 0 Å². The number of rotatable bonds is 8. The van der Waals surface area contributed by atoms with Crippen LogP contribution in [0.15, 0.2) is 24.4 Å². The summed E-state index contributed by atoms with van der Waals surface area (Å²) in [4.78, 5) is 30.8. The lowest BCUT2D eigenvalue weighted by Crippen LogP contribution is -2.59. The molecule has 2 rings (SSSR count). The summed E-state index contributed by atoms with van der Waals surface area (Å²) in [7, 11) is 0. The molecule has 1 saturated heterocycles. The molecule has 0 aromatic carbocycles. The number of carbonyl (C=O) groups is 2. The lowest BCUT2D eigenvalue weighted by atomic mass is 9.79. The number of pyridine rings is 1. The summed E-state index contributed by atoms with van der Waals surface area (Å²) >= 11 is 0. The van der Waals surface area contributed by atoms with Crippen molar-refractivity contribution in [2.24, 2.45) is 17.3 Å². The summed E-state index contributed by atoms with van der Waals surface area (Å²) in [5.41, 5.74) is 0.0803. The molecule has 1 fully saturated rings. The first-order chi connectivity index (χ1) is 15.3. The van der Waals surface area contributed by atoms with E-state index in [4.69, 9.17) is 4.74 Å². The molecule has 186 valence electrons. The van der Waals surface area contributed by atoms with Crippen LogP contribution in [-0.2, 0) is 20.9 Å². The maximum Gasteiger partial charge on any atom is 0.397 e. The number of amides is 1. The van der Waals surface area contributed by atoms with E-state index in [0.29, 0.717) is 13.1 Å². The highest BCUT2D eigenvalue weighted by atomic mass is 19.4. The Balaban J connectivity index is 2.26. The number of aromatic nitrogens is 1. The Morgan fingerprint density at radius 2 is 1.97 bits per heavy atom. The van der Waals surface area contributed by atoms with Gasteiger partial charge in [0.2, 0.25) is 5.91 Å². The third-order valence-corrected chi connectivity index (χ3v) is 6.01. The van der Waals surface area contributed by atoms with Crippen LogP contribution in [0.4, 0.5) is 13.2 Å². The zero-order valence-electron chi connectivity index (χ0n) is 20.1. The van der Waals surface area contributed by atoms with Crippen LogP contribution in [0, 0.1) is 17.3 Å². The van der Waals surface area contributed by atoms with Gasteiger partial charge in [-0.15, -0.1) is 0 Å². The van der Waals surface area contributed by atoms with Crippen LogP contribution in [0.25, 0.3) is 0 Å². The van der Waals surface area contributed by atoms with E-state index in [1.54, 1.807) is 33.9 Å². The van der Waals surface area contributed by atoms with E-state index in [2.05, 4.69) is 10.3 Å². The van der Waals surface area contributed by atoms with Crippen LogP contribution in [0.1, 0.15) is 59.6 Å². The van der Waals surface area contributed by atoms with E-state index in [-0.39, 0.29) is 18.4 Å². The Kier molecular flexibility index (Phi) is 9.29. The minimum atomic E-state index is -4.60. The molecular formula is C24H36F3N3O3. The molecule has 9 heteroatoms. The van der Waals surface area contributed by atoms with E-state index in [1.807, 2.05) is 25.1 Å². The summed E-state index contributed by atoms with van der Waals surface area (Å²) < 4.78 is 44.9. The topological polar surface area (TPSA) is 71.5 Å². The number of halogens is 3. The van der Waals surface area contributed by atoms with Gasteiger partial charge in [-0.1, -0.05) is 19.4 Å². The number of nitrogens with zero attached hydrogens (tertiary/aromatic N) is 2. The molecule has 0 bridgehead atoms. The number of ether oxygens (including phenoxy) is 1. The predicted molar refractivity (Wildman–Crippen MR) is 119 cm³/mol. The Hall–Kier alpha value is -2.16. The second-order valence-corrected chi connectivity index (χ2v) is 9.91. The number of hydrogen-bond acceptors (Lipinski definition) is 5. The van der Waals surface area contributed by atoms with Crippen LogP contribution in [0.3, 0.4) is 0 Å². The van der Waals surface area contributed by atoms with Crippen molar-refractivity contribution in [2.45, 2.75) is 78.7 Å². The van der Waals surface area contributed by atoms with E-state index in [9.17, 15) is 22.8 Å². The fraction of sp³-hybridized carbons (Fsp3) is 0.708. The van der Waals surface area contributed by atoms with Gasteiger partial charge < -0.3 is 15.0 Å². The summed E-state index contributed by atoms with van der Waals surface area (Å²) in [6.45, 7) is 9.97. The summed E-state index contributed by atoms with van der Waals surface area (Å²) in [6.07, 6.45) is -3.70. The average Bonchev–Trinajstić information content (AvgIpc) is 2.71. The first-order valence-electron chi connectivity index (χ1n) is 11.5. The Bertz CT molecular complexity index is 781. The summed E-state index contributed by atoms with van der Waals surface area (Å²) in [5.74, 6) is -1.52. The normalized spacial score (nSPS) is 22.7. The third kappa shape index (κ3) is 8.28. The molecule has 1 aromatic heterocycles. The lowest BCUT2D eigenvalue weighted by molar-refractivity contribution is -0.176. The molecule has 1 N–H and O–H groups in total. The van der Waals surface area contributed by atoms with Gasteiger partial charge in [0.25, 0.3) is 0 Å². The van der Waals surface area contributed by atoms with Gasteiger partial charge in [0, 0.05) is 25.8 Å². The first-order valence-corrected chi connectivity index (χ1v) is 11.5. The first kappa shape index (κ1) is 27.1. The van der Waals surface area contributed by atoms with E-state index in [0.717, 1.165) is 18.5 Å². The molecule has 4 atom stereocenters. The number of alkyl halides is 3. The lowest BCUT2D eigenvalue weighted by Gasteiger charge is -2.47. The Labute approximate surface area is 194 Å². The highest BCUT2D eigenvalue weighted by Crippen LogP contribution is 2.34. The van der Waals surface area contributed by atoms with Gasteiger partial charge in [-0.2, -0.15) is 13.2 Å². The molecule has 6 nitrogen and oxygen atoms in total. The standard InChI is InChI=1S/C24H36F3N3O3/c1-6-17-11-18(13-28-14-19-9-7-8-10-29-19)21(16(2)33-22(32)23(3,4)5)30(15-17)20(31)12-24(25,26)27/h7-10,16-18,21,28H,6,11-15H2,1-5H3/t16-,17?,18-,21?/m0/s1. The second-order valence-electron chi connectivity index (χ2n) is 9.91.